The first-order valence-electron chi connectivity index (χ1n) is 5.38. The second kappa shape index (κ2) is 6.08. The second-order valence-corrected chi connectivity index (χ2v) is 4.76. The van der Waals surface area contributed by atoms with Gasteiger partial charge >= 0.3 is 0 Å². The van der Waals surface area contributed by atoms with Crippen LogP contribution in [0.4, 0.5) is 5.69 Å². The molecular weight excluding hydrogens is 257 g/mol. The number of hydrogen-bond donors (Lipinski definition) is 0. The van der Waals surface area contributed by atoms with E-state index < -0.39 is 0 Å². The Morgan fingerprint density at radius 1 is 1.29 bits per heavy atom. The number of carbonyl (C=O) groups is 1. The first kappa shape index (κ1) is 14.1. The van der Waals surface area contributed by atoms with E-state index in [4.69, 9.17) is 23.2 Å². The summed E-state index contributed by atoms with van der Waals surface area (Å²) in [4.78, 5) is 13.6. The van der Waals surface area contributed by atoms with E-state index in [2.05, 4.69) is 0 Å². The standard InChI is InChI=1S/C13H15Cl2NO/c1-4-7-16(13(17)9(2)3)10-5-6-11(14)12(15)8-10/h4-9H,1-3H3. The minimum Gasteiger partial charge on any atom is -0.288 e. The number of amides is 1. The summed E-state index contributed by atoms with van der Waals surface area (Å²) in [5.41, 5.74) is 0.719. The highest BCUT2D eigenvalue weighted by Crippen LogP contribution is 2.28. The molecule has 1 aromatic carbocycles. The molecule has 0 bridgehead atoms. The molecule has 17 heavy (non-hydrogen) atoms. The van der Waals surface area contributed by atoms with Crippen molar-refractivity contribution < 1.29 is 4.79 Å². The van der Waals surface area contributed by atoms with Crippen LogP contribution in [0, 0.1) is 5.92 Å². The summed E-state index contributed by atoms with van der Waals surface area (Å²) in [7, 11) is 0. The monoisotopic (exact) mass is 271 g/mol. The lowest BCUT2D eigenvalue weighted by molar-refractivity contribution is -0.120. The Balaban J connectivity index is 3.14. The molecular formula is C13H15Cl2NO. The van der Waals surface area contributed by atoms with Crippen molar-refractivity contribution >= 4 is 34.8 Å². The van der Waals surface area contributed by atoms with Crippen LogP contribution in [0.25, 0.3) is 0 Å². The smallest absolute Gasteiger partial charge is 0.233 e. The molecule has 1 aromatic rings. The molecule has 0 aromatic heterocycles. The van der Waals surface area contributed by atoms with Gasteiger partial charge in [-0.25, -0.2) is 0 Å². The maximum absolute atomic E-state index is 12.0. The predicted molar refractivity (Wildman–Crippen MR) is 73.6 cm³/mol. The molecule has 1 amide bonds. The molecule has 4 heteroatoms. The molecule has 92 valence electrons. The van der Waals surface area contributed by atoms with E-state index in [9.17, 15) is 4.79 Å². The molecule has 0 spiro atoms. The van der Waals surface area contributed by atoms with Crippen molar-refractivity contribution in [1.29, 1.82) is 0 Å². The van der Waals surface area contributed by atoms with Crippen molar-refractivity contribution in [2.24, 2.45) is 5.92 Å². The Bertz CT molecular complexity index is 441. The third-order valence-electron chi connectivity index (χ3n) is 2.21. The molecule has 0 radical (unpaired) electrons. The summed E-state index contributed by atoms with van der Waals surface area (Å²) in [5.74, 6) is -0.0675. The lowest BCUT2D eigenvalue weighted by Gasteiger charge is -2.21. The number of benzene rings is 1. The van der Waals surface area contributed by atoms with E-state index in [1.807, 2.05) is 26.8 Å². The van der Waals surface area contributed by atoms with Crippen LogP contribution in [0.3, 0.4) is 0 Å². The van der Waals surface area contributed by atoms with Gasteiger partial charge in [-0.15, -0.1) is 0 Å². The van der Waals surface area contributed by atoms with Crippen LogP contribution in [-0.4, -0.2) is 5.91 Å². The van der Waals surface area contributed by atoms with Crippen LogP contribution in [-0.2, 0) is 4.79 Å². The largest absolute Gasteiger partial charge is 0.288 e. The lowest BCUT2D eigenvalue weighted by Crippen LogP contribution is -2.29. The summed E-state index contributed by atoms with van der Waals surface area (Å²) in [5, 5.41) is 0.920. The van der Waals surface area contributed by atoms with Gasteiger partial charge < -0.3 is 0 Å². The van der Waals surface area contributed by atoms with Crippen molar-refractivity contribution in [1.82, 2.24) is 0 Å². The fourth-order valence-corrected chi connectivity index (χ4v) is 1.64. The van der Waals surface area contributed by atoms with Gasteiger partial charge in [0.25, 0.3) is 0 Å². The van der Waals surface area contributed by atoms with Crippen molar-refractivity contribution in [2.75, 3.05) is 4.90 Å². The molecule has 0 saturated heterocycles. The van der Waals surface area contributed by atoms with Crippen molar-refractivity contribution in [2.45, 2.75) is 20.8 Å². The Morgan fingerprint density at radius 3 is 2.41 bits per heavy atom. The van der Waals surface area contributed by atoms with E-state index >= 15 is 0 Å². The molecule has 0 aliphatic carbocycles. The van der Waals surface area contributed by atoms with Gasteiger partial charge in [0.1, 0.15) is 0 Å². The summed E-state index contributed by atoms with van der Waals surface area (Å²) >= 11 is 11.8. The molecule has 0 fully saturated rings. The number of rotatable bonds is 3. The Labute approximate surface area is 112 Å². The topological polar surface area (TPSA) is 20.3 Å². The molecule has 1 rings (SSSR count). The summed E-state index contributed by atoms with van der Waals surface area (Å²) in [6, 6.07) is 5.14. The van der Waals surface area contributed by atoms with Gasteiger partial charge in [-0.3, -0.25) is 9.69 Å². The van der Waals surface area contributed by atoms with Crippen molar-refractivity contribution in [3.8, 4) is 0 Å². The molecule has 0 atom stereocenters. The molecule has 0 N–H and O–H groups in total. The first-order valence-corrected chi connectivity index (χ1v) is 6.14. The quantitative estimate of drug-likeness (QED) is 0.792. The van der Waals surface area contributed by atoms with Crippen LogP contribution in [0.5, 0.6) is 0 Å². The number of anilines is 1. The zero-order valence-electron chi connectivity index (χ0n) is 10.1. The molecule has 0 aliphatic heterocycles. The number of hydrogen-bond acceptors (Lipinski definition) is 1. The normalized spacial score (nSPS) is 11.2. The third kappa shape index (κ3) is 3.48. The van der Waals surface area contributed by atoms with Gasteiger partial charge in [0.2, 0.25) is 5.91 Å². The minimum atomic E-state index is -0.0827. The summed E-state index contributed by atoms with van der Waals surface area (Å²) in [6.07, 6.45) is 3.53. The SMILES string of the molecule is CC=CN(C(=O)C(C)C)c1ccc(Cl)c(Cl)c1. The maximum atomic E-state index is 12.0. The highest BCUT2D eigenvalue weighted by Gasteiger charge is 2.17. The first-order chi connectivity index (χ1) is 7.97. The average molecular weight is 272 g/mol. The summed E-state index contributed by atoms with van der Waals surface area (Å²) < 4.78 is 0. The number of nitrogens with zero attached hydrogens (tertiary/aromatic N) is 1. The molecule has 0 aliphatic rings. The van der Waals surface area contributed by atoms with Gasteiger partial charge in [-0.2, -0.15) is 0 Å². The number of allylic oxidation sites excluding steroid dienone is 1. The fourth-order valence-electron chi connectivity index (χ4n) is 1.35. The van der Waals surface area contributed by atoms with Gasteiger partial charge in [0.05, 0.1) is 10.0 Å². The fraction of sp³-hybridized carbons (Fsp3) is 0.308. The number of carbonyl (C=O) groups excluding carboxylic acids is 1. The zero-order valence-corrected chi connectivity index (χ0v) is 11.6. The van der Waals surface area contributed by atoms with E-state index in [-0.39, 0.29) is 11.8 Å². The Kier molecular flexibility index (Phi) is 5.03. The Morgan fingerprint density at radius 2 is 1.94 bits per heavy atom. The molecule has 0 heterocycles. The van der Waals surface area contributed by atoms with Crippen LogP contribution in [0.1, 0.15) is 20.8 Å². The Hall–Kier alpha value is -0.990. The molecule has 0 unspecified atom stereocenters. The molecule has 2 nitrogen and oxygen atoms in total. The highest BCUT2D eigenvalue weighted by molar-refractivity contribution is 6.42. The van der Waals surface area contributed by atoms with Gasteiger partial charge in [-0.05, 0) is 25.1 Å². The van der Waals surface area contributed by atoms with Crippen LogP contribution >= 0.6 is 23.2 Å². The predicted octanol–water partition coefficient (Wildman–Crippen LogP) is 4.52. The van der Waals surface area contributed by atoms with Crippen molar-refractivity contribution in [3.63, 3.8) is 0 Å². The van der Waals surface area contributed by atoms with Gasteiger partial charge in [0, 0.05) is 17.8 Å². The average Bonchev–Trinajstić information content (AvgIpc) is 2.29. The molecule has 0 saturated carbocycles. The maximum Gasteiger partial charge on any atom is 0.233 e. The zero-order chi connectivity index (χ0) is 13.0. The second-order valence-electron chi connectivity index (χ2n) is 3.94. The van der Waals surface area contributed by atoms with E-state index in [1.54, 1.807) is 29.3 Å². The third-order valence-corrected chi connectivity index (χ3v) is 2.95. The summed E-state index contributed by atoms with van der Waals surface area (Å²) in [6.45, 7) is 5.57. The lowest BCUT2D eigenvalue weighted by atomic mass is 10.1. The van der Waals surface area contributed by atoms with Gasteiger partial charge in [-0.1, -0.05) is 43.1 Å². The van der Waals surface area contributed by atoms with E-state index in [0.717, 1.165) is 5.69 Å². The van der Waals surface area contributed by atoms with E-state index in [0.29, 0.717) is 10.0 Å². The van der Waals surface area contributed by atoms with Crippen LogP contribution in [0.2, 0.25) is 10.0 Å². The highest BCUT2D eigenvalue weighted by atomic mass is 35.5. The van der Waals surface area contributed by atoms with Crippen LogP contribution < -0.4 is 4.90 Å². The van der Waals surface area contributed by atoms with E-state index in [1.165, 1.54) is 0 Å². The number of halogens is 2. The van der Waals surface area contributed by atoms with Crippen molar-refractivity contribution in [3.05, 3.63) is 40.5 Å². The van der Waals surface area contributed by atoms with Crippen LogP contribution in [0.15, 0.2) is 30.5 Å². The van der Waals surface area contributed by atoms with Gasteiger partial charge in [0.15, 0.2) is 0 Å². The minimum absolute atomic E-state index is 0.0153.